The van der Waals surface area contributed by atoms with Gasteiger partial charge in [-0.05, 0) is 41.9 Å². The minimum absolute atomic E-state index is 0.232. The third kappa shape index (κ3) is 2.70. The Hall–Kier alpha value is -1.10. The first-order valence-electron chi connectivity index (χ1n) is 4.23. The Labute approximate surface area is 91.0 Å². The fourth-order valence-electron chi connectivity index (χ4n) is 1.05. The van der Waals surface area contributed by atoms with Gasteiger partial charge in [0.15, 0.2) is 5.69 Å². The number of nitrogens with two attached hydrogens (primary N) is 1. The molecule has 0 saturated carbocycles. The summed E-state index contributed by atoms with van der Waals surface area (Å²) in [5.41, 5.74) is 6.12. The summed E-state index contributed by atoms with van der Waals surface area (Å²) in [5, 5.41) is 3.10. The molecule has 0 atom stereocenters. The van der Waals surface area contributed by atoms with E-state index in [1.165, 1.54) is 0 Å². The molecule has 0 aliphatic rings. The van der Waals surface area contributed by atoms with E-state index in [0.29, 0.717) is 10.3 Å². The van der Waals surface area contributed by atoms with E-state index in [9.17, 15) is 4.79 Å². The van der Waals surface area contributed by atoms with Gasteiger partial charge >= 0.3 is 0 Å². The van der Waals surface area contributed by atoms with Crippen LogP contribution < -0.4 is 11.1 Å². The van der Waals surface area contributed by atoms with Crippen LogP contribution >= 0.6 is 15.9 Å². The highest BCUT2D eigenvalue weighted by Gasteiger charge is 2.10. The molecule has 1 aromatic heterocycles. The zero-order valence-corrected chi connectivity index (χ0v) is 9.63. The van der Waals surface area contributed by atoms with Gasteiger partial charge < -0.3 is 11.1 Å². The van der Waals surface area contributed by atoms with Crippen LogP contribution in [0.4, 0.5) is 5.69 Å². The van der Waals surface area contributed by atoms with Crippen LogP contribution in [0.25, 0.3) is 0 Å². The molecule has 0 aliphatic heterocycles. The predicted octanol–water partition coefficient (Wildman–Crippen LogP) is 1.76. The van der Waals surface area contributed by atoms with Crippen molar-refractivity contribution in [1.29, 1.82) is 0 Å². The number of amides is 1. The van der Waals surface area contributed by atoms with Gasteiger partial charge in [0.25, 0.3) is 5.91 Å². The van der Waals surface area contributed by atoms with Gasteiger partial charge in [-0.3, -0.25) is 4.79 Å². The van der Waals surface area contributed by atoms with Gasteiger partial charge in [0.05, 0.1) is 5.69 Å². The lowest BCUT2D eigenvalue weighted by Crippen LogP contribution is -2.19. The molecule has 76 valence electrons. The van der Waals surface area contributed by atoms with Crippen molar-refractivity contribution >= 4 is 27.5 Å². The number of aromatic nitrogens is 1. The van der Waals surface area contributed by atoms with Crippen molar-refractivity contribution in [2.45, 2.75) is 19.9 Å². The third-order valence-electron chi connectivity index (χ3n) is 1.54. The summed E-state index contributed by atoms with van der Waals surface area (Å²) >= 11 is 3.18. The molecule has 0 unspecified atom stereocenters. The van der Waals surface area contributed by atoms with Crippen LogP contribution in [0.15, 0.2) is 16.7 Å². The Morgan fingerprint density at radius 1 is 1.57 bits per heavy atom. The second-order valence-electron chi connectivity index (χ2n) is 3.19. The number of anilines is 1. The molecule has 1 heterocycles. The molecule has 3 N–H and O–H groups in total. The first-order chi connectivity index (χ1) is 6.50. The molecule has 0 spiro atoms. The monoisotopic (exact) mass is 257 g/mol. The number of carbonyl (C=O) groups is 1. The molecule has 1 amide bonds. The lowest BCUT2D eigenvalue weighted by atomic mass is 10.2. The smallest absolute Gasteiger partial charge is 0.269 e. The molecule has 4 nitrogen and oxygen atoms in total. The number of nitrogens with one attached hydrogen (secondary N) is 1. The number of halogens is 1. The van der Waals surface area contributed by atoms with Crippen molar-refractivity contribution < 1.29 is 4.79 Å². The minimum atomic E-state index is -0.533. The standard InChI is InChI=1S/C9H12BrN3O/c1-5(2)12-6-3-4-7(10)13-8(6)9(11)14/h3-5,12H,1-2H3,(H2,11,14). The average Bonchev–Trinajstić information content (AvgIpc) is 2.07. The van der Waals surface area contributed by atoms with Crippen molar-refractivity contribution in [2.24, 2.45) is 5.73 Å². The molecule has 0 saturated heterocycles. The highest BCUT2D eigenvalue weighted by molar-refractivity contribution is 9.10. The maximum Gasteiger partial charge on any atom is 0.269 e. The van der Waals surface area contributed by atoms with E-state index in [1.54, 1.807) is 12.1 Å². The lowest BCUT2D eigenvalue weighted by molar-refractivity contribution is 0.0996. The Morgan fingerprint density at radius 2 is 2.21 bits per heavy atom. The lowest BCUT2D eigenvalue weighted by Gasteiger charge is -2.12. The summed E-state index contributed by atoms with van der Waals surface area (Å²) < 4.78 is 0.598. The largest absolute Gasteiger partial charge is 0.381 e. The zero-order valence-electron chi connectivity index (χ0n) is 8.04. The number of primary amides is 1. The quantitative estimate of drug-likeness (QED) is 0.812. The van der Waals surface area contributed by atoms with Gasteiger partial charge in [-0.2, -0.15) is 0 Å². The van der Waals surface area contributed by atoms with E-state index in [-0.39, 0.29) is 11.7 Å². The van der Waals surface area contributed by atoms with Crippen LogP contribution in [0, 0.1) is 0 Å². The minimum Gasteiger partial charge on any atom is -0.381 e. The topological polar surface area (TPSA) is 68.0 Å². The van der Waals surface area contributed by atoms with Crippen LogP contribution in [0.3, 0.4) is 0 Å². The molecule has 0 aliphatic carbocycles. The van der Waals surface area contributed by atoms with Crippen molar-refractivity contribution in [1.82, 2.24) is 4.98 Å². The average molecular weight is 258 g/mol. The molecule has 0 fully saturated rings. The third-order valence-corrected chi connectivity index (χ3v) is 1.98. The van der Waals surface area contributed by atoms with Crippen LogP contribution in [0.2, 0.25) is 0 Å². The summed E-state index contributed by atoms with van der Waals surface area (Å²) in [5.74, 6) is -0.533. The molecule has 1 aromatic rings. The molecule has 5 heteroatoms. The van der Waals surface area contributed by atoms with Crippen molar-refractivity contribution in [3.63, 3.8) is 0 Å². The van der Waals surface area contributed by atoms with E-state index in [0.717, 1.165) is 0 Å². The van der Waals surface area contributed by atoms with Crippen molar-refractivity contribution in [3.8, 4) is 0 Å². The van der Waals surface area contributed by atoms with Crippen LogP contribution in [-0.4, -0.2) is 16.9 Å². The number of carbonyl (C=O) groups excluding carboxylic acids is 1. The SMILES string of the molecule is CC(C)Nc1ccc(Br)nc1C(N)=O. The molecule has 1 rings (SSSR count). The van der Waals surface area contributed by atoms with Gasteiger partial charge in [-0.25, -0.2) is 4.98 Å². The summed E-state index contributed by atoms with van der Waals surface area (Å²) in [6.45, 7) is 3.96. The summed E-state index contributed by atoms with van der Waals surface area (Å²) in [6.07, 6.45) is 0. The van der Waals surface area contributed by atoms with E-state index in [2.05, 4.69) is 26.2 Å². The summed E-state index contributed by atoms with van der Waals surface area (Å²) in [7, 11) is 0. The Bertz CT molecular complexity index is 352. The molecule has 0 bridgehead atoms. The van der Waals surface area contributed by atoms with Crippen LogP contribution in [-0.2, 0) is 0 Å². The fourth-order valence-corrected chi connectivity index (χ4v) is 1.36. The molecule has 14 heavy (non-hydrogen) atoms. The Balaban J connectivity index is 3.08. The number of hydrogen-bond donors (Lipinski definition) is 2. The maximum absolute atomic E-state index is 11.1. The molecular weight excluding hydrogens is 246 g/mol. The van der Waals surface area contributed by atoms with E-state index < -0.39 is 5.91 Å². The highest BCUT2D eigenvalue weighted by atomic mass is 79.9. The number of hydrogen-bond acceptors (Lipinski definition) is 3. The van der Waals surface area contributed by atoms with Gasteiger partial charge in [0, 0.05) is 6.04 Å². The highest BCUT2D eigenvalue weighted by Crippen LogP contribution is 2.17. The number of nitrogens with zero attached hydrogens (tertiary/aromatic N) is 1. The second kappa shape index (κ2) is 4.41. The summed E-state index contributed by atoms with van der Waals surface area (Å²) in [4.78, 5) is 15.1. The van der Waals surface area contributed by atoms with Crippen molar-refractivity contribution in [2.75, 3.05) is 5.32 Å². The molecule has 0 radical (unpaired) electrons. The molecular formula is C9H12BrN3O. The zero-order chi connectivity index (χ0) is 10.7. The maximum atomic E-state index is 11.1. The predicted molar refractivity (Wildman–Crippen MR) is 59.2 cm³/mol. The van der Waals surface area contributed by atoms with Crippen LogP contribution in [0.1, 0.15) is 24.3 Å². The normalized spacial score (nSPS) is 10.3. The Kier molecular flexibility index (Phi) is 3.46. The van der Waals surface area contributed by atoms with E-state index in [1.807, 2.05) is 13.8 Å². The van der Waals surface area contributed by atoms with Gasteiger partial charge in [-0.15, -0.1) is 0 Å². The summed E-state index contributed by atoms with van der Waals surface area (Å²) in [6, 6.07) is 3.77. The van der Waals surface area contributed by atoms with E-state index in [4.69, 9.17) is 5.73 Å². The van der Waals surface area contributed by atoms with E-state index >= 15 is 0 Å². The number of rotatable bonds is 3. The Morgan fingerprint density at radius 3 is 2.71 bits per heavy atom. The van der Waals surface area contributed by atoms with Gasteiger partial charge in [0.1, 0.15) is 4.60 Å². The van der Waals surface area contributed by atoms with Gasteiger partial charge in [-0.1, -0.05) is 0 Å². The second-order valence-corrected chi connectivity index (χ2v) is 4.01. The first kappa shape index (κ1) is 11.0. The molecule has 0 aromatic carbocycles. The fraction of sp³-hybridized carbons (Fsp3) is 0.333. The van der Waals surface area contributed by atoms with Gasteiger partial charge in [0.2, 0.25) is 0 Å². The van der Waals surface area contributed by atoms with Crippen LogP contribution in [0.5, 0.6) is 0 Å². The number of pyridine rings is 1. The van der Waals surface area contributed by atoms with Crippen molar-refractivity contribution in [3.05, 3.63) is 22.4 Å². The first-order valence-corrected chi connectivity index (χ1v) is 5.03.